The van der Waals surface area contributed by atoms with Gasteiger partial charge in [-0.05, 0) is 31.0 Å². The van der Waals surface area contributed by atoms with E-state index in [9.17, 15) is 4.79 Å². The highest BCUT2D eigenvalue weighted by Crippen LogP contribution is 2.18. The summed E-state index contributed by atoms with van der Waals surface area (Å²) in [5.41, 5.74) is 6.91. The quantitative estimate of drug-likeness (QED) is 0.818. The molecule has 4 nitrogen and oxygen atoms in total. The number of ether oxygens (including phenoxy) is 1. The van der Waals surface area contributed by atoms with Gasteiger partial charge in [0.15, 0.2) is 0 Å². The molecule has 3 N–H and O–H groups in total. The van der Waals surface area contributed by atoms with Crippen molar-refractivity contribution in [1.82, 2.24) is 5.32 Å². The zero-order chi connectivity index (χ0) is 12.3. The number of carbonyl (C=O) groups is 1. The van der Waals surface area contributed by atoms with Crippen LogP contribution in [-0.2, 0) is 11.3 Å². The summed E-state index contributed by atoms with van der Waals surface area (Å²) in [4.78, 5) is 11.1. The number of rotatable bonds is 4. The van der Waals surface area contributed by atoms with Crippen LogP contribution in [-0.4, -0.2) is 24.7 Å². The molecule has 1 fully saturated rings. The first-order valence-corrected chi connectivity index (χ1v) is 5.81. The molecular weight excluding hydrogens is 216 g/mol. The molecule has 17 heavy (non-hydrogen) atoms. The Balaban J connectivity index is 1.99. The molecule has 1 atom stereocenters. The Hall–Kier alpha value is -1.39. The molecule has 0 aromatic heterocycles. The summed E-state index contributed by atoms with van der Waals surface area (Å²) < 4.78 is 5.37. The van der Waals surface area contributed by atoms with Crippen molar-refractivity contribution in [2.45, 2.75) is 25.4 Å². The van der Waals surface area contributed by atoms with E-state index < -0.39 is 0 Å². The van der Waals surface area contributed by atoms with Gasteiger partial charge in [-0.3, -0.25) is 4.79 Å². The van der Waals surface area contributed by atoms with Gasteiger partial charge in [-0.1, -0.05) is 12.1 Å². The van der Waals surface area contributed by atoms with Gasteiger partial charge in [0, 0.05) is 24.3 Å². The molecule has 1 heterocycles. The van der Waals surface area contributed by atoms with E-state index in [0.717, 1.165) is 31.7 Å². The molecule has 92 valence electrons. The molecule has 1 aliphatic rings. The van der Waals surface area contributed by atoms with E-state index in [-0.39, 0.29) is 11.4 Å². The lowest BCUT2D eigenvalue weighted by Gasteiger charge is -2.23. The molecule has 0 aliphatic carbocycles. The highest BCUT2D eigenvalue weighted by molar-refractivity contribution is 5.92. The standard InChI is InChI=1S/C13H18N2O2/c1-13(5-6-17-9-13)15-8-10-3-2-4-11(7-10)12(14)16/h2-4,7,15H,5-6,8-9H2,1H3,(H2,14,16). The zero-order valence-electron chi connectivity index (χ0n) is 10.0. The topological polar surface area (TPSA) is 64.3 Å². The summed E-state index contributed by atoms with van der Waals surface area (Å²) in [6.07, 6.45) is 1.02. The summed E-state index contributed by atoms with van der Waals surface area (Å²) in [7, 11) is 0. The molecule has 1 saturated heterocycles. The molecule has 1 aliphatic heterocycles. The number of carbonyl (C=O) groups excluding carboxylic acids is 1. The van der Waals surface area contributed by atoms with Crippen LogP contribution in [0, 0.1) is 0 Å². The van der Waals surface area contributed by atoms with Gasteiger partial charge < -0.3 is 15.8 Å². The molecule has 4 heteroatoms. The fraction of sp³-hybridized carbons (Fsp3) is 0.462. The maximum absolute atomic E-state index is 11.1. The van der Waals surface area contributed by atoms with Crippen molar-refractivity contribution < 1.29 is 9.53 Å². The van der Waals surface area contributed by atoms with Gasteiger partial charge in [0.25, 0.3) is 0 Å². The third kappa shape index (κ3) is 3.05. The minimum atomic E-state index is -0.387. The van der Waals surface area contributed by atoms with E-state index in [2.05, 4.69) is 12.2 Å². The average molecular weight is 234 g/mol. The van der Waals surface area contributed by atoms with E-state index in [1.165, 1.54) is 0 Å². The predicted molar refractivity (Wildman–Crippen MR) is 65.6 cm³/mol. The monoisotopic (exact) mass is 234 g/mol. The van der Waals surface area contributed by atoms with Crippen LogP contribution in [0.1, 0.15) is 29.3 Å². The van der Waals surface area contributed by atoms with Crippen molar-refractivity contribution in [3.8, 4) is 0 Å². The number of benzene rings is 1. The lowest BCUT2D eigenvalue weighted by atomic mass is 10.0. The third-order valence-corrected chi connectivity index (χ3v) is 3.15. The first-order valence-electron chi connectivity index (χ1n) is 5.81. The second-order valence-electron chi connectivity index (χ2n) is 4.78. The van der Waals surface area contributed by atoms with Crippen molar-refractivity contribution >= 4 is 5.91 Å². The predicted octanol–water partition coefficient (Wildman–Crippen LogP) is 1.05. The summed E-state index contributed by atoms with van der Waals surface area (Å²) in [5, 5.41) is 3.46. The second-order valence-corrected chi connectivity index (χ2v) is 4.78. The summed E-state index contributed by atoms with van der Waals surface area (Å²) in [6.45, 7) is 4.42. The smallest absolute Gasteiger partial charge is 0.248 e. The van der Waals surface area contributed by atoms with Crippen molar-refractivity contribution in [3.63, 3.8) is 0 Å². The van der Waals surface area contributed by atoms with Crippen LogP contribution in [0.25, 0.3) is 0 Å². The van der Waals surface area contributed by atoms with Crippen LogP contribution in [0.2, 0.25) is 0 Å². The average Bonchev–Trinajstić information content (AvgIpc) is 2.75. The number of primary amides is 1. The van der Waals surface area contributed by atoms with E-state index in [0.29, 0.717) is 5.56 Å². The Kier molecular flexibility index (Phi) is 3.45. The van der Waals surface area contributed by atoms with Gasteiger partial charge in [-0.15, -0.1) is 0 Å². The second kappa shape index (κ2) is 4.85. The van der Waals surface area contributed by atoms with Crippen LogP contribution < -0.4 is 11.1 Å². The molecule has 0 radical (unpaired) electrons. The van der Waals surface area contributed by atoms with Crippen molar-refractivity contribution in [2.24, 2.45) is 5.73 Å². The number of nitrogens with one attached hydrogen (secondary N) is 1. The van der Waals surface area contributed by atoms with E-state index >= 15 is 0 Å². The maximum Gasteiger partial charge on any atom is 0.248 e. The van der Waals surface area contributed by atoms with Crippen LogP contribution in [0.4, 0.5) is 0 Å². The van der Waals surface area contributed by atoms with Gasteiger partial charge in [0.2, 0.25) is 5.91 Å². The van der Waals surface area contributed by atoms with Gasteiger partial charge in [-0.2, -0.15) is 0 Å². The molecule has 0 saturated carbocycles. The van der Waals surface area contributed by atoms with Gasteiger partial charge in [0.05, 0.1) is 6.61 Å². The summed E-state index contributed by atoms with van der Waals surface area (Å²) in [6, 6.07) is 7.39. The van der Waals surface area contributed by atoms with Crippen LogP contribution in [0.15, 0.2) is 24.3 Å². The Bertz CT molecular complexity index is 412. The van der Waals surface area contributed by atoms with E-state index in [1.807, 2.05) is 18.2 Å². The summed E-state index contributed by atoms with van der Waals surface area (Å²) in [5.74, 6) is -0.387. The molecule has 2 rings (SSSR count). The summed E-state index contributed by atoms with van der Waals surface area (Å²) >= 11 is 0. The minimum Gasteiger partial charge on any atom is -0.379 e. The lowest BCUT2D eigenvalue weighted by molar-refractivity contribution is 0.1000. The normalized spacial score (nSPS) is 23.8. The minimum absolute atomic E-state index is 0.0444. The van der Waals surface area contributed by atoms with Crippen LogP contribution >= 0.6 is 0 Å². The third-order valence-electron chi connectivity index (χ3n) is 3.15. The highest BCUT2D eigenvalue weighted by Gasteiger charge is 2.28. The molecule has 1 amide bonds. The fourth-order valence-electron chi connectivity index (χ4n) is 1.96. The molecule has 1 aromatic rings. The number of hydrogen-bond donors (Lipinski definition) is 2. The first-order chi connectivity index (χ1) is 8.09. The Morgan fingerprint density at radius 1 is 1.59 bits per heavy atom. The fourth-order valence-corrected chi connectivity index (χ4v) is 1.96. The van der Waals surface area contributed by atoms with E-state index in [1.54, 1.807) is 6.07 Å². The Morgan fingerprint density at radius 3 is 3.06 bits per heavy atom. The first kappa shape index (κ1) is 12.1. The highest BCUT2D eigenvalue weighted by atomic mass is 16.5. The zero-order valence-corrected chi connectivity index (χ0v) is 10.0. The lowest BCUT2D eigenvalue weighted by Crippen LogP contribution is -2.42. The van der Waals surface area contributed by atoms with Gasteiger partial charge in [0.1, 0.15) is 0 Å². The number of nitrogens with two attached hydrogens (primary N) is 1. The van der Waals surface area contributed by atoms with Gasteiger partial charge >= 0.3 is 0 Å². The molecule has 1 unspecified atom stereocenters. The Morgan fingerprint density at radius 2 is 2.41 bits per heavy atom. The SMILES string of the molecule is CC1(NCc2cccc(C(N)=O)c2)CCOC1. The Labute approximate surface area is 101 Å². The van der Waals surface area contributed by atoms with Crippen LogP contribution in [0.3, 0.4) is 0 Å². The van der Waals surface area contributed by atoms with Crippen molar-refractivity contribution in [2.75, 3.05) is 13.2 Å². The van der Waals surface area contributed by atoms with Crippen molar-refractivity contribution in [1.29, 1.82) is 0 Å². The van der Waals surface area contributed by atoms with Gasteiger partial charge in [-0.25, -0.2) is 0 Å². The van der Waals surface area contributed by atoms with Crippen LogP contribution in [0.5, 0.6) is 0 Å². The number of amides is 1. The molecule has 1 aromatic carbocycles. The van der Waals surface area contributed by atoms with Crippen molar-refractivity contribution in [3.05, 3.63) is 35.4 Å². The molecule has 0 spiro atoms. The maximum atomic E-state index is 11.1. The molecule has 0 bridgehead atoms. The number of hydrogen-bond acceptors (Lipinski definition) is 3. The largest absolute Gasteiger partial charge is 0.379 e. The van der Waals surface area contributed by atoms with E-state index in [4.69, 9.17) is 10.5 Å². The molecular formula is C13H18N2O2.